The molecule has 3 aromatic rings. The summed E-state index contributed by atoms with van der Waals surface area (Å²) in [6, 6.07) is 7.34. The van der Waals surface area contributed by atoms with Gasteiger partial charge in [0.25, 0.3) is 5.56 Å². The SMILES string of the molecule is Cc1cnn(CC(C)NCc2cc(=O)n3ccccc3n2)c1. The lowest BCUT2D eigenvalue weighted by atomic mass is 10.3. The second kappa shape index (κ2) is 6.11. The number of pyridine rings is 1. The third-order valence-corrected chi connectivity index (χ3v) is 3.48. The Balaban J connectivity index is 1.67. The van der Waals surface area contributed by atoms with Gasteiger partial charge in [0.1, 0.15) is 5.65 Å². The van der Waals surface area contributed by atoms with Crippen LogP contribution in [0.1, 0.15) is 18.2 Å². The van der Waals surface area contributed by atoms with E-state index in [4.69, 9.17) is 0 Å². The fraction of sp³-hybridized carbons (Fsp3) is 0.312. The van der Waals surface area contributed by atoms with E-state index < -0.39 is 0 Å². The molecule has 3 rings (SSSR count). The van der Waals surface area contributed by atoms with Gasteiger partial charge in [-0.2, -0.15) is 5.10 Å². The number of hydrogen-bond acceptors (Lipinski definition) is 4. The van der Waals surface area contributed by atoms with Gasteiger partial charge in [-0.05, 0) is 31.5 Å². The first-order chi connectivity index (χ1) is 10.6. The molecule has 3 heterocycles. The van der Waals surface area contributed by atoms with Crippen LogP contribution >= 0.6 is 0 Å². The van der Waals surface area contributed by atoms with Crippen molar-refractivity contribution in [3.8, 4) is 0 Å². The van der Waals surface area contributed by atoms with Crippen molar-refractivity contribution < 1.29 is 0 Å². The average Bonchev–Trinajstić information content (AvgIpc) is 2.90. The minimum absolute atomic E-state index is 0.0576. The molecule has 0 radical (unpaired) electrons. The van der Waals surface area contributed by atoms with Crippen molar-refractivity contribution in [3.63, 3.8) is 0 Å². The molecule has 0 spiro atoms. The fourth-order valence-electron chi connectivity index (χ4n) is 2.38. The van der Waals surface area contributed by atoms with Crippen molar-refractivity contribution in [2.24, 2.45) is 0 Å². The van der Waals surface area contributed by atoms with Crippen molar-refractivity contribution >= 4 is 5.65 Å². The summed E-state index contributed by atoms with van der Waals surface area (Å²) in [7, 11) is 0. The van der Waals surface area contributed by atoms with Gasteiger partial charge in [0, 0.05) is 31.0 Å². The summed E-state index contributed by atoms with van der Waals surface area (Å²) in [4.78, 5) is 16.5. The van der Waals surface area contributed by atoms with E-state index in [1.165, 1.54) is 0 Å². The normalized spacial score (nSPS) is 12.6. The second-order valence-corrected chi connectivity index (χ2v) is 5.54. The molecule has 6 nitrogen and oxygen atoms in total. The van der Waals surface area contributed by atoms with Gasteiger partial charge in [-0.15, -0.1) is 0 Å². The Morgan fingerprint density at radius 3 is 3.00 bits per heavy atom. The van der Waals surface area contributed by atoms with Crippen molar-refractivity contribution in [1.82, 2.24) is 24.5 Å². The summed E-state index contributed by atoms with van der Waals surface area (Å²) < 4.78 is 3.45. The molecule has 0 saturated heterocycles. The number of nitrogens with one attached hydrogen (secondary N) is 1. The van der Waals surface area contributed by atoms with E-state index in [9.17, 15) is 4.79 Å². The summed E-state index contributed by atoms with van der Waals surface area (Å²) in [6.45, 7) is 5.45. The summed E-state index contributed by atoms with van der Waals surface area (Å²) in [5.41, 5.74) is 2.51. The molecule has 0 aliphatic heterocycles. The molecule has 0 fully saturated rings. The molecule has 0 aromatic carbocycles. The van der Waals surface area contributed by atoms with Gasteiger partial charge < -0.3 is 5.32 Å². The van der Waals surface area contributed by atoms with Gasteiger partial charge in [-0.25, -0.2) is 4.98 Å². The standard InChI is InChI=1S/C16H19N5O/c1-12-8-18-20(10-12)11-13(2)17-9-14-7-16(22)21-6-4-3-5-15(21)19-14/h3-8,10,13,17H,9,11H2,1-2H3. The zero-order chi connectivity index (χ0) is 15.5. The number of aromatic nitrogens is 4. The molecule has 1 unspecified atom stereocenters. The first-order valence-electron chi connectivity index (χ1n) is 7.31. The maximum absolute atomic E-state index is 12.0. The molecule has 0 aliphatic carbocycles. The third kappa shape index (κ3) is 3.23. The van der Waals surface area contributed by atoms with Crippen molar-refractivity contribution in [2.45, 2.75) is 33.0 Å². The van der Waals surface area contributed by atoms with Crippen LogP contribution in [0.25, 0.3) is 5.65 Å². The van der Waals surface area contributed by atoms with Gasteiger partial charge in [-0.1, -0.05) is 6.07 Å². The highest BCUT2D eigenvalue weighted by Crippen LogP contribution is 2.00. The Hall–Kier alpha value is -2.47. The molecule has 3 aromatic heterocycles. The van der Waals surface area contributed by atoms with Crippen molar-refractivity contribution in [2.75, 3.05) is 0 Å². The molecule has 0 saturated carbocycles. The maximum atomic E-state index is 12.0. The lowest BCUT2D eigenvalue weighted by molar-refractivity contribution is 0.448. The van der Waals surface area contributed by atoms with E-state index in [0.29, 0.717) is 12.2 Å². The molecule has 1 atom stereocenters. The molecule has 6 heteroatoms. The topological polar surface area (TPSA) is 64.2 Å². The maximum Gasteiger partial charge on any atom is 0.258 e. The van der Waals surface area contributed by atoms with Crippen molar-refractivity contribution in [1.29, 1.82) is 0 Å². The summed E-state index contributed by atoms with van der Waals surface area (Å²) in [5.74, 6) is 0. The molecular weight excluding hydrogens is 278 g/mol. The molecule has 0 bridgehead atoms. The van der Waals surface area contributed by atoms with Gasteiger partial charge in [-0.3, -0.25) is 13.9 Å². The number of hydrogen-bond donors (Lipinski definition) is 1. The zero-order valence-electron chi connectivity index (χ0n) is 12.7. The molecule has 0 aliphatic rings. The summed E-state index contributed by atoms with van der Waals surface area (Å²) >= 11 is 0. The first-order valence-corrected chi connectivity index (χ1v) is 7.31. The van der Waals surface area contributed by atoms with Crippen LogP contribution in [0.5, 0.6) is 0 Å². The predicted octanol–water partition coefficient (Wildman–Crippen LogP) is 1.38. The molecule has 0 amide bonds. The van der Waals surface area contributed by atoms with E-state index in [2.05, 4.69) is 22.3 Å². The number of nitrogens with zero attached hydrogens (tertiary/aromatic N) is 4. The van der Waals surface area contributed by atoms with Gasteiger partial charge in [0.15, 0.2) is 0 Å². The Labute approximate surface area is 128 Å². The highest BCUT2D eigenvalue weighted by atomic mass is 16.1. The van der Waals surface area contributed by atoms with Gasteiger partial charge in [0.05, 0.1) is 18.4 Å². The van der Waals surface area contributed by atoms with Crippen LogP contribution < -0.4 is 10.9 Å². The van der Waals surface area contributed by atoms with E-state index >= 15 is 0 Å². The molecule has 114 valence electrons. The van der Waals surface area contributed by atoms with Crippen molar-refractivity contribution in [3.05, 3.63) is 64.5 Å². The van der Waals surface area contributed by atoms with Gasteiger partial charge >= 0.3 is 0 Å². The quantitative estimate of drug-likeness (QED) is 0.772. The minimum atomic E-state index is -0.0576. The lowest BCUT2D eigenvalue weighted by Gasteiger charge is -2.13. The highest BCUT2D eigenvalue weighted by molar-refractivity contribution is 5.37. The highest BCUT2D eigenvalue weighted by Gasteiger charge is 2.06. The van der Waals surface area contributed by atoms with Crippen LogP contribution in [-0.4, -0.2) is 25.2 Å². The molecule has 22 heavy (non-hydrogen) atoms. The van der Waals surface area contributed by atoms with Crippen LogP contribution in [-0.2, 0) is 13.1 Å². The van der Waals surface area contributed by atoms with Crippen LogP contribution in [0.15, 0.2) is 47.7 Å². The number of rotatable bonds is 5. The molecular formula is C16H19N5O. The lowest BCUT2D eigenvalue weighted by Crippen LogP contribution is -2.31. The fourth-order valence-corrected chi connectivity index (χ4v) is 2.38. The number of fused-ring (bicyclic) bond motifs is 1. The summed E-state index contributed by atoms with van der Waals surface area (Å²) in [6.07, 6.45) is 5.59. The molecule has 1 N–H and O–H groups in total. The predicted molar refractivity (Wildman–Crippen MR) is 84.7 cm³/mol. The Bertz CT molecular complexity index is 836. The zero-order valence-corrected chi connectivity index (χ0v) is 12.7. The average molecular weight is 297 g/mol. The van der Waals surface area contributed by atoms with E-state index in [-0.39, 0.29) is 11.6 Å². The minimum Gasteiger partial charge on any atom is -0.307 e. The first kappa shape index (κ1) is 14.5. The second-order valence-electron chi connectivity index (χ2n) is 5.54. The Morgan fingerprint density at radius 2 is 2.23 bits per heavy atom. The number of aryl methyl sites for hydroxylation is 1. The van der Waals surface area contributed by atoms with Gasteiger partial charge in [0.2, 0.25) is 0 Å². The van der Waals surface area contributed by atoms with E-state index in [1.807, 2.05) is 42.2 Å². The monoisotopic (exact) mass is 297 g/mol. The van der Waals surface area contributed by atoms with Crippen LogP contribution in [0, 0.1) is 6.92 Å². The smallest absolute Gasteiger partial charge is 0.258 e. The van der Waals surface area contributed by atoms with Crippen LogP contribution in [0.2, 0.25) is 0 Å². The van der Waals surface area contributed by atoms with E-state index in [1.54, 1.807) is 16.7 Å². The summed E-state index contributed by atoms with van der Waals surface area (Å²) in [5, 5.41) is 7.65. The third-order valence-electron chi connectivity index (χ3n) is 3.48. The van der Waals surface area contributed by atoms with Crippen LogP contribution in [0.4, 0.5) is 0 Å². The Morgan fingerprint density at radius 1 is 1.36 bits per heavy atom. The Kier molecular flexibility index (Phi) is 4.02. The largest absolute Gasteiger partial charge is 0.307 e. The van der Waals surface area contributed by atoms with Crippen LogP contribution in [0.3, 0.4) is 0 Å². The van der Waals surface area contributed by atoms with E-state index in [0.717, 1.165) is 17.8 Å².